The molecule has 1 saturated heterocycles. The van der Waals surface area contributed by atoms with Crippen molar-refractivity contribution in [3.05, 3.63) is 41.5 Å². The van der Waals surface area contributed by atoms with E-state index in [9.17, 15) is 9.90 Å². The summed E-state index contributed by atoms with van der Waals surface area (Å²) in [4.78, 5) is 14.6. The van der Waals surface area contributed by atoms with Gasteiger partial charge >= 0.3 is 0 Å². The number of aliphatic hydroxyl groups excluding tert-OH is 1. The van der Waals surface area contributed by atoms with Crippen LogP contribution in [0.4, 0.5) is 0 Å². The van der Waals surface area contributed by atoms with Gasteiger partial charge in [0.05, 0.1) is 19.3 Å². The van der Waals surface area contributed by atoms with Crippen LogP contribution in [0.25, 0.3) is 0 Å². The van der Waals surface area contributed by atoms with Crippen LogP contribution < -0.4 is 4.74 Å². The highest BCUT2D eigenvalue weighted by Crippen LogP contribution is 2.35. The highest BCUT2D eigenvalue weighted by molar-refractivity contribution is 5.79. The third-order valence-corrected chi connectivity index (χ3v) is 4.84. The maximum absolute atomic E-state index is 12.7. The van der Waals surface area contributed by atoms with E-state index >= 15 is 0 Å². The monoisotopic (exact) mass is 315 g/mol. The smallest absolute Gasteiger partial charge is 0.227 e. The largest absolute Gasteiger partial charge is 0.497 e. The Balaban J connectivity index is 1.76. The summed E-state index contributed by atoms with van der Waals surface area (Å²) in [5, 5.41) is 10.1. The van der Waals surface area contributed by atoms with Crippen molar-refractivity contribution in [1.82, 2.24) is 4.90 Å². The number of methoxy groups -OCH3 is 1. The zero-order chi connectivity index (χ0) is 16.2. The van der Waals surface area contributed by atoms with Gasteiger partial charge in [-0.15, -0.1) is 0 Å². The summed E-state index contributed by atoms with van der Waals surface area (Å²) in [6, 6.07) is 7.74. The minimum absolute atomic E-state index is 0.0585. The maximum Gasteiger partial charge on any atom is 0.227 e. The van der Waals surface area contributed by atoms with E-state index in [0.29, 0.717) is 19.4 Å². The molecule has 0 radical (unpaired) electrons. The molecule has 1 aliphatic heterocycles. The first-order valence-electron chi connectivity index (χ1n) is 8.47. The summed E-state index contributed by atoms with van der Waals surface area (Å²) in [6.45, 7) is 0.425. The van der Waals surface area contributed by atoms with Gasteiger partial charge in [-0.25, -0.2) is 0 Å². The van der Waals surface area contributed by atoms with Crippen molar-refractivity contribution >= 4 is 5.91 Å². The van der Waals surface area contributed by atoms with E-state index in [0.717, 1.165) is 24.2 Å². The van der Waals surface area contributed by atoms with Crippen molar-refractivity contribution in [2.24, 2.45) is 0 Å². The SMILES string of the molecule is COc1cccc([C@@H]2C[C@@H](O)CN2C(=O)CC2=CCCCC2)c1. The summed E-state index contributed by atoms with van der Waals surface area (Å²) in [5.74, 6) is 0.911. The molecule has 1 aromatic carbocycles. The van der Waals surface area contributed by atoms with E-state index in [4.69, 9.17) is 4.74 Å². The molecule has 1 amide bonds. The molecule has 124 valence electrons. The standard InChI is InChI=1S/C19H25NO3/c1-23-17-9-5-8-15(11-17)18-12-16(21)13-20(18)19(22)10-14-6-3-2-4-7-14/h5-6,8-9,11,16,18,21H,2-4,7,10,12-13H2,1H3/t16-,18+/m1/s1. The average Bonchev–Trinajstić information content (AvgIpc) is 2.98. The Morgan fingerprint density at radius 1 is 1.39 bits per heavy atom. The fourth-order valence-electron chi connectivity index (χ4n) is 3.62. The van der Waals surface area contributed by atoms with Crippen LogP contribution in [0.1, 0.15) is 50.1 Å². The normalized spacial score (nSPS) is 24.4. The second kappa shape index (κ2) is 7.18. The van der Waals surface area contributed by atoms with Crippen molar-refractivity contribution in [1.29, 1.82) is 0 Å². The molecule has 1 aliphatic carbocycles. The lowest BCUT2D eigenvalue weighted by atomic mass is 9.96. The van der Waals surface area contributed by atoms with Gasteiger partial charge in [-0.05, 0) is 49.8 Å². The van der Waals surface area contributed by atoms with Crippen LogP contribution in [-0.2, 0) is 4.79 Å². The number of rotatable bonds is 4. The van der Waals surface area contributed by atoms with Gasteiger partial charge in [0, 0.05) is 13.0 Å². The van der Waals surface area contributed by atoms with E-state index in [-0.39, 0.29) is 11.9 Å². The highest BCUT2D eigenvalue weighted by atomic mass is 16.5. The van der Waals surface area contributed by atoms with Gasteiger partial charge in [0.2, 0.25) is 5.91 Å². The Bertz CT molecular complexity index is 596. The molecular weight excluding hydrogens is 290 g/mol. The molecule has 1 fully saturated rings. The van der Waals surface area contributed by atoms with E-state index < -0.39 is 6.10 Å². The average molecular weight is 315 g/mol. The molecule has 1 N–H and O–H groups in total. The lowest BCUT2D eigenvalue weighted by Crippen LogP contribution is -2.32. The first-order valence-corrected chi connectivity index (χ1v) is 8.47. The predicted molar refractivity (Wildman–Crippen MR) is 89.2 cm³/mol. The molecule has 0 spiro atoms. The number of β-amino-alcohol motifs (C(OH)–C–C–N with tert-alkyl or cyclic N) is 1. The zero-order valence-electron chi connectivity index (χ0n) is 13.7. The number of carbonyl (C=O) groups excluding carboxylic acids is 1. The van der Waals surface area contributed by atoms with E-state index in [1.165, 1.54) is 18.4 Å². The van der Waals surface area contributed by atoms with Gasteiger partial charge in [0.15, 0.2) is 0 Å². The van der Waals surface area contributed by atoms with Crippen LogP contribution in [0, 0.1) is 0 Å². The van der Waals surface area contributed by atoms with Crippen LogP contribution in [0.2, 0.25) is 0 Å². The van der Waals surface area contributed by atoms with Gasteiger partial charge in [0.25, 0.3) is 0 Å². The third kappa shape index (κ3) is 3.75. The molecule has 4 nitrogen and oxygen atoms in total. The first-order chi connectivity index (χ1) is 11.2. The number of aliphatic hydroxyl groups is 1. The van der Waals surface area contributed by atoms with Crippen LogP contribution >= 0.6 is 0 Å². The summed E-state index contributed by atoms with van der Waals surface area (Å²) in [6.07, 6.45) is 7.39. The summed E-state index contributed by atoms with van der Waals surface area (Å²) < 4.78 is 5.28. The van der Waals surface area contributed by atoms with Crippen LogP contribution in [0.5, 0.6) is 5.75 Å². The number of benzene rings is 1. The molecule has 4 heteroatoms. The van der Waals surface area contributed by atoms with E-state index in [1.54, 1.807) is 7.11 Å². The molecule has 1 heterocycles. The van der Waals surface area contributed by atoms with Crippen molar-refractivity contribution in [3.63, 3.8) is 0 Å². The molecule has 1 aromatic rings. The lowest BCUT2D eigenvalue weighted by molar-refractivity contribution is -0.131. The Morgan fingerprint density at radius 3 is 3.00 bits per heavy atom. The molecule has 3 rings (SSSR count). The molecule has 2 aliphatic rings. The Morgan fingerprint density at radius 2 is 2.26 bits per heavy atom. The number of carbonyl (C=O) groups is 1. The van der Waals surface area contributed by atoms with Crippen LogP contribution in [-0.4, -0.2) is 35.7 Å². The minimum atomic E-state index is -0.449. The van der Waals surface area contributed by atoms with Crippen molar-refractivity contribution in [2.75, 3.05) is 13.7 Å². The van der Waals surface area contributed by atoms with Gasteiger partial charge in [0.1, 0.15) is 5.75 Å². The number of allylic oxidation sites excluding steroid dienone is 1. The summed E-state index contributed by atoms with van der Waals surface area (Å²) >= 11 is 0. The number of nitrogens with zero attached hydrogens (tertiary/aromatic N) is 1. The fourth-order valence-corrected chi connectivity index (χ4v) is 3.62. The summed E-state index contributed by atoms with van der Waals surface area (Å²) in [7, 11) is 1.64. The number of amides is 1. The number of hydrogen-bond donors (Lipinski definition) is 1. The zero-order valence-corrected chi connectivity index (χ0v) is 13.7. The second-order valence-electron chi connectivity index (χ2n) is 6.51. The maximum atomic E-state index is 12.7. The van der Waals surface area contributed by atoms with Gasteiger partial charge < -0.3 is 14.7 Å². The lowest BCUT2D eigenvalue weighted by Gasteiger charge is -2.26. The highest BCUT2D eigenvalue weighted by Gasteiger charge is 2.35. The molecule has 0 unspecified atom stereocenters. The van der Waals surface area contributed by atoms with Crippen molar-refractivity contribution < 1.29 is 14.6 Å². The predicted octanol–water partition coefficient (Wildman–Crippen LogP) is 3.22. The fraction of sp³-hybridized carbons (Fsp3) is 0.526. The van der Waals surface area contributed by atoms with Gasteiger partial charge in [-0.3, -0.25) is 4.79 Å². The Hall–Kier alpha value is -1.81. The van der Waals surface area contributed by atoms with E-state index in [2.05, 4.69) is 6.08 Å². The number of hydrogen-bond acceptors (Lipinski definition) is 3. The molecule has 0 aromatic heterocycles. The second-order valence-corrected chi connectivity index (χ2v) is 6.51. The van der Waals surface area contributed by atoms with Crippen LogP contribution in [0.3, 0.4) is 0 Å². The Kier molecular flexibility index (Phi) is 5.01. The van der Waals surface area contributed by atoms with Crippen molar-refractivity contribution in [3.8, 4) is 5.75 Å². The topological polar surface area (TPSA) is 49.8 Å². The van der Waals surface area contributed by atoms with Gasteiger partial charge in [-0.1, -0.05) is 23.8 Å². The Labute approximate surface area is 137 Å². The van der Waals surface area contributed by atoms with Gasteiger partial charge in [-0.2, -0.15) is 0 Å². The third-order valence-electron chi connectivity index (χ3n) is 4.84. The first kappa shape index (κ1) is 16.1. The quantitative estimate of drug-likeness (QED) is 0.868. The van der Waals surface area contributed by atoms with Crippen molar-refractivity contribution in [2.45, 2.75) is 50.7 Å². The molecule has 2 atom stereocenters. The van der Waals surface area contributed by atoms with E-state index in [1.807, 2.05) is 29.2 Å². The minimum Gasteiger partial charge on any atom is -0.497 e. The summed E-state index contributed by atoms with van der Waals surface area (Å²) in [5.41, 5.74) is 2.29. The molecular formula is C19H25NO3. The number of ether oxygens (including phenoxy) is 1. The van der Waals surface area contributed by atoms with Crippen LogP contribution in [0.15, 0.2) is 35.9 Å². The number of likely N-dealkylation sites (tertiary alicyclic amines) is 1. The molecule has 0 bridgehead atoms. The molecule has 23 heavy (non-hydrogen) atoms. The molecule has 0 saturated carbocycles.